The summed E-state index contributed by atoms with van der Waals surface area (Å²) >= 11 is 0. The van der Waals surface area contributed by atoms with Crippen LogP contribution in [0.25, 0.3) is 0 Å². The second-order valence-corrected chi connectivity index (χ2v) is 3.59. The molecule has 0 saturated carbocycles. The van der Waals surface area contributed by atoms with E-state index < -0.39 is 0 Å². The zero-order valence-corrected chi connectivity index (χ0v) is 9.17. The molecule has 1 aromatic carbocycles. The number of nitrogens with one attached hydrogen (secondary N) is 1. The van der Waals surface area contributed by atoms with E-state index in [1.165, 1.54) is 6.07 Å². The minimum absolute atomic E-state index is 0.136. The third-order valence-electron chi connectivity index (χ3n) is 2.34. The summed E-state index contributed by atoms with van der Waals surface area (Å²) < 4.78 is 13.3. The summed E-state index contributed by atoms with van der Waals surface area (Å²) in [6, 6.07) is 7.04. The van der Waals surface area contributed by atoms with Crippen LogP contribution in [0.2, 0.25) is 0 Å². The third kappa shape index (κ3) is 3.84. The molecule has 1 unspecified atom stereocenters. The average molecular weight is 207 g/mol. The maximum absolute atomic E-state index is 13.3. The van der Waals surface area contributed by atoms with Gasteiger partial charge in [0.2, 0.25) is 0 Å². The van der Waals surface area contributed by atoms with E-state index in [1.807, 2.05) is 18.2 Å². The van der Waals surface area contributed by atoms with E-state index in [1.54, 1.807) is 6.07 Å². The van der Waals surface area contributed by atoms with Crippen molar-refractivity contribution in [1.29, 1.82) is 0 Å². The van der Waals surface area contributed by atoms with Gasteiger partial charge >= 0.3 is 0 Å². The molecule has 0 aliphatic carbocycles. The van der Waals surface area contributed by atoms with Gasteiger partial charge in [-0.25, -0.2) is 4.39 Å². The Hall–Kier alpha value is -1.15. The van der Waals surface area contributed by atoms with E-state index in [0.29, 0.717) is 6.42 Å². The second kappa shape index (κ2) is 6.36. The predicted molar refractivity (Wildman–Crippen MR) is 62.4 cm³/mol. The van der Waals surface area contributed by atoms with E-state index in [9.17, 15) is 4.39 Å². The Balaban J connectivity index is 2.58. The Labute approximate surface area is 91.0 Å². The van der Waals surface area contributed by atoms with Crippen molar-refractivity contribution in [2.24, 2.45) is 0 Å². The van der Waals surface area contributed by atoms with Crippen LogP contribution in [0, 0.1) is 5.82 Å². The molecule has 0 radical (unpaired) electrons. The molecule has 15 heavy (non-hydrogen) atoms. The summed E-state index contributed by atoms with van der Waals surface area (Å²) in [6.45, 7) is 6.80. The zero-order valence-electron chi connectivity index (χ0n) is 9.17. The highest BCUT2D eigenvalue weighted by molar-refractivity contribution is 5.19. The number of hydrogen-bond acceptors (Lipinski definition) is 1. The molecular weight excluding hydrogens is 189 g/mol. The lowest BCUT2D eigenvalue weighted by atomic mass is 10.1. The molecule has 0 amide bonds. The molecule has 1 rings (SSSR count). The Bertz CT molecular complexity index is 309. The fourth-order valence-electron chi connectivity index (χ4n) is 1.47. The van der Waals surface area contributed by atoms with Gasteiger partial charge in [-0.05, 0) is 31.0 Å². The van der Waals surface area contributed by atoms with Crippen LogP contribution in [-0.4, -0.2) is 12.6 Å². The third-order valence-corrected chi connectivity index (χ3v) is 2.34. The number of benzene rings is 1. The molecule has 0 spiro atoms. The van der Waals surface area contributed by atoms with Crippen molar-refractivity contribution in [3.05, 3.63) is 48.3 Å². The maximum Gasteiger partial charge on any atom is 0.126 e. The molecule has 0 fully saturated rings. The van der Waals surface area contributed by atoms with Crippen LogP contribution in [0.4, 0.5) is 4.39 Å². The molecular formula is C13H18FN. The first-order valence-electron chi connectivity index (χ1n) is 5.37. The van der Waals surface area contributed by atoms with Crippen molar-refractivity contribution in [2.45, 2.75) is 25.8 Å². The lowest BCUT2D eigenvalue weighted by Crippen LogP contribution is -2.29. The highest BCUT2D eigenvalue weighted by Gasteiger charge is 2.07. The van der Waals surface area contributed by atoms with Gasteiger partial charge in [-0.1, -0.05) is 31.2 Å². The Morgan fingerprint density at radius 2 is 2.20 bits per heavy atom. The van der Waals surface area contributed by atoms with Gasteiger partial charge in [0.15, 0.2) is 0 Å². The molecule has 1 aromatic rings. The quantitative estimate of drug-likeness (QED) is 0.707. The topological polar surface area (TPSA) is 12.0 Å². The summed E-state index contributed by atoms with van der Waals surface area (Å²) in [5.41, 5.74) is 0.742. The summed E-state index contributed by atoms with van der Waals surface area (Å²) in [7, 11) is 0. The van der Waals surface area contributed by atoms with Crippen LogP contribution in [-0.2, 0) is 6.42 Å². The Morgan fingerprint density at radius 1 is 1.47 bits per heavy atom. The van der Waals surface area contributed by atoms with Gasteiger partial charge in [-0.3, -0.25) is 0 Å². The van der Waals surface area contributed by atoms with Crippen molar-refractivity contribution < 1.29 is 4.39 Å². The van der Waals surface area contributed by atoms with Crippen LogP contribution in [0.3, 0.4) is 0 Å². The predicted octanol–water partition coefficient (Wildman–Crippen LogP) is 2.92. The first-order valence-corrected chi connectivity index (χ1v) is 5.37. The minimum Gasteiger partial charge on any atom is -0.310 e. The van der Waals surface area contributed by atoms with Crippen LogP contribution < -0.4 is 5.32 Å². The molecule has 1 nitrogen and oxygen atoms in total. The maximum atomic E-state index is 13.3. The SMILES string of the molecule is C=CC(Cc1ccccc1F)NCCC. The standard InChI is InChI=1S/C13H18FN/c1-3-9-15-12(4-2)10-11-7-5-6-8-13(11)14/h4-8,12,15H,2-3,9-10H2,1H3. The van der Waals surface area contributed by atoms with Crippen LogP contribution in [0.5, 0.6) is 0 Å². The number of halogens is 1. The van der Waals surface area contributed by atoms with Crippen molar-refractivity contribution >= 4 is 0 Å². The van der Waals surface area contributed by atoms with Crippen LogP contribution in [0.1, 0.15) is 18.9 Å². The monoisotopic (exact) mass is 207 g/mol. The normalized spacial score (nSPS) is 12.4. The zero-order chi connectivity index (χ0) is 11.1. The van der Waals surface area contributed by atoms with Gasteiger partial charge in [0.05, 0.1) is 0 Å². The molecule has 0 aliphatic rings. The summed E-state index contributed by atoms with van der Waals surface area (Å²) in [4.78, 5) is 0. The number of rotatable bonds is 6. The molecule has 0 heterocycles. The van der Waals surface area contributed by atoms with E-state index in [4.69, 9.17) is 0 Å². The van der Waals surface area contributed by atoms with Crippen molar-refractivity contribution in [1.82, 2.24) is 5.32 Å². The number of hydrogen-bond donors (Lipinski definition) is 1. The fraction of sp³-hybridized carbons (Fsp3) is 0.385. The molecule has 2 heteroatoms. The summed E-state index contributed by atoms with van der Waals surface area (Å²) in [5, 5.41) is 3.31. The van der Waals surface area contributed by atoms with Gasteiger partial charge in [-0.2, -0.15) is 0 Å². The summed E-state index contributed by atoms with van der Waals surface area (Å²) in [5.74, 6) is -0.136. The first kappa shape index (κ1) is 11.9. The molecule has 1 atom stereocenters. The van der Waals surface area contributed by atoms with Crippen molar-refractivity contribution in [3.63, 3.8) is 0 Å². The van der Waals surface area contributed by atoms with Gasteiger partial charge in [0, 0.05) is 6.04 Å². The van der Waals surface area contributed by atoms with E-state index in [-0.39, 0.29) is 11.9 Å². The van der Waals surface area contributed by atoms with Crippen LogP contribution in [0.15, 0.2) is 36.9 Å². The molecule has 0 aromatic heterocycles. The van der Waals surface area contributed by atoms with Crippen LogP contribution >= 0.6 is 0 Å². The highest BCUT2D eigenvalue weighted by Crippen LogP contribution is 2.09. The molecule has 0 bridgehead atoms. The molecule has 0 saturated heterocycles. The molecule has 0 aliphatic heterocycles. The highest BCUT2D eigenvalue weighted by atomic mass is 19.1. The van der Waals surface area contributed by atoms with E-state index in [0.717, 1.165) is 18.5 Å². The lowest BCUT2D eigenvalue weighted by Gasteiger charge is -2.14. The molecule has 1 N–H and O–H groups in total. The Kier molecular flexibility index (Phi) is 5.05. The smallest absolute Gasteiger partial charge is 0.126 e. The van der Waals surface area contributed by atoms with Crippen molar-refractivity contribution in [3.8, 4) is 0 Å². The fourth-order valence-corrected chi connectivity index (χ4v) is 1.47. The van der Waals surface area contributed by atoms with Crippen molar-refractivity contribution in [2.75, 3.05) is 6.54 Å². The second-order valence-electron chi connectivity index (χ2n) is 3.59. The average Bonchev–Trinajstić information content (AvgIpc) is 2.26. The van der Waals surface area contributed by atoms with Gasteiger partial charge in [0.1, 0.15) is 5.82 Å². The van der Waals surface area contributed by atoms with Gasteiger partial charge in [0.25, 0.3) is 0 Å². The first-order chi connectivity index (χ1) is 7.27. The summed E-state index contributed by atoms with van der Waals surface area (Å²) in [6.07, 6.45) is 3.57. The Morgan fingerprint density at radius 3 is 2.80 bits per heavy atom. The van der Waals surface area contributed by atoms with Gasteiger partial charge in [-0.15, -0.1) is 6.58 Å². The van der Waals surface area contributed by atoms with Gasteiger partial charge < -0.3 is 5.32 Å². The lowest BCUT2D eigenvalue weighted by molar-refractivity contribution is 0.557. The van der Waals surface area contributed by atoms with E-state index in [2.05, 4.69) is 18.8 Å². The van der Waals surface area contributed by atoms with E-state index >= 15 is 0 Å². The molecule has 82 valence electrons. The minimum atomic E-state index is -0.136. The largest absolute Gasteiger partial charge is 0.310 e.